The van der Waals surface area contributed by atoms with E-state index in [9.17, 15) is 0 Å². The lowest BCUT2D eigenvalue weighted by Crippen LogP contribution is -2.00. The van der Waals surface area contributed by atoms with Crippen molar-refractivity contribution in [2.45, 2.75) is 0 Å². The molecule has 0 saturated heterocycles. The standard InChI is InChI=1S/C58H36N4S/c1-3-12-37(13-4-1)39-22-28-42(29-23-39)56-60-57(43-30-24-40(25-31-43)38-14-5-2-6-15-38)62-58(61-56)44-32-26-41(27-33-44)45-18-11-19-48(34-45)54-55-53(49-20-9-10-21-52(49)63-55)50-35-46-16-7-8-17-47(46)36-51(50)59-54/h1-36H. The summed E-state index contributed by atoms with van der Waals surface area (Å²) >= 11 is 1.82. The number of pyridine rings is 1. The average Bonchev–Trinajstić information content (AvgIpc) is 3.76. The highest BCUT2D eigenvalue weighted by atomic mass is 32.1. The number of nitrogens with zero attached hydrogens (tertiary/aromatic N) is 4. The summed E-state index contributed by atoms with van der Waals surface area (Å²) in [4.78, 5) is 20.6. The summed E-state index contributed by atoms with van der Waals surface area (Å²) in [7, 11) is 0. The highest BCUT2D eigenvalue weighted by Crippen LogP contribution is 2.44. The summed E-state index contributed by atoms with van der Waals surface area (Å²) < 4.78 is 2.47. The van der Waals surface area contributed by atoms with E-state index >= 15 is 0 Å². The molecule has 0 bridgehead atoms. The Bertz CT molecular complexity index is 3540. The number of thiophene rings is 1. The summed E-state index contributed by atoms with van der Waals surface area (Å²) in [6, 6.07) is 76.9. The Hall–Kier alpha value is -8.12. The highest BCUT2D eigenvalue weighted by Gasteiger charge is 2.18. The molecular weight excluding hydrogens is 785 g/mol. The number of benzene rings is 9. The van der Waals surface area contributed by atoms with Gasteiger partial charge in [0.25, 0.3) is 0 Å². The predicted molar refractivity (Wildman–Crippen MR) is 264 cm³/mol. The van der Waals surface area contributed by atoms with Crippen LogP contribution in [0.1, 0.15) is 0 Å². The van der Waals surface area contributed by atoms with E-state index in [4.69, 9.17) is 19.9 Å². The van der Waals surface area contributed by atoms with Crippen LogP contribution < -0.4 is 0 Å². The van der Waals surface area contributed by atoms with Crippen molar-refractivity contribution in [3.63, 3.8) is 0 Å². The molecule has 9 aromatic carbocycles. The number of rotatable bonds is 7. The van der Waals surface area contributed by atoms with Gasteiger partial charge in [0.05, 0.1) is 15.9 Å². The second-order valence-corrected chi connectivity index (χ2v) is 16.9. The third-order valence-corrected chi connectivity index (χ3v) is 13.1. The number of fused-ring (bicyclic) bond motifs is 6. The lowest BCUT2D eigenvalue weighted by Gasteiger charge is -2.11. The van der Waals surface area contributed by atoms with Gasteiger partial charge in [0, 0.05) is 43.1 Å². The van der Waals surface area contributed by atoms with Gasteiger partial charge in [-0.1, -0.05) is 194 Å². The molecule has 3 heterocycles. The Balaban J connectivity index is 0.926. The number of hydrogen-bond donors (Lipinski definition) is 0. The van der Waals surface area contributed by atoms with Crippen molar-refractivity contribution in [1.29, 1.82) is 0 Å². The zero-order valence-electron chi connectivity index (χ0n) is 34.0. The SMILES string of the molecule is c1ccc(-c2ccc(-c3nc(-c4ccc(-c5ccccc5)cc4)nc(-c4ccc(-c5cccc(-c6nc7cc8ccccc8cc7c7c6sc6ccccc67)c5)cc4)n3)cc2)cc1. The van der Waals surface area contributed by atoms with Crippen LogP contribution in [0.2, 0.25) is 0 Å². The average molecular weight is 821 g/mol. The molecule has 0 unspecified atom stereocenters. The minimum Gasteiger partial charge on any atom is -0.246 e. The largest absolute Gasteiger partial charge is 0.246 e. The molecule has 4 nitrogen and oxygen atoms in total. The topological polar surface area (TPSA) is 51.6 Å². The van der Waals surface area contributed by atoms with Crippen LogP contribution >= 0.6 is 11.3 Å². The molecule has 12 rings (SSSR count). The van der Waals surface area contributed by atoms with E-state index < -0.39 is 0 Å². The fourth-order valence-corrected chi connectivity index (χ4v) is 9.90. The van der Waals surface area contributed by atoms with Crippen molar-refractivity contribution >= 4 is 53.2 Å². The smallest absolute Gasteiger partial charge is 0.164 e. The van der Waals surface area contributed by atoms with E-state index in [2.05, 4.69) is 206 Å². The maximum Gasteiger partial charge on any atom is 0.164 e. The van der Waals surface area contributed by atoms with Gasteiger partial charge in [0.2, 0.25) is 0 Å². The van der Waals surface area contributed by atoms with Crippen molar-refractivity contribution in [2.75, 3.05) is 0 Å². The summed E-state index contributed by atoms with van der Waals surface area (Å²) in [5, 5.41) is 6.14. The first-order chi connectivity index (χ1) is 31.2. The van der Waals surface area contributed by atoms with Gasteiger partial charge < -0.3 is 0 Å². The van der Waals surface area contributed by atoms with Crippen LogP contribution in [-0.4, -0.2) is 19.9 Å². The van der Waals surface area contributed by atoms with Crippen molar-refractivity contribution in [2.24, 2.45) is 0 Å². The lowest BCUT2D eigenvalue weighted by atomic mass is 9.98. The molecule has 0 aliphatic rings. The molecule has 0 N–H and O–H groups in total. The van der Waals surface area contributed by atoms with E-state index in [1.807, 2.05) is 23.5 Å². The van der Waals surface area contributed by atoms with E-state index in [-0.39, 0.29) is 0 Å². The summed E-state index contributed by atoms with van der Waals surface area (Å²) in [5.74, 6) is 1.87. The zero-order valence-corrected chi connectivity index (χ0v) is 34.8. The van der Waals surface area contributed by atoms with Crippen LogP contribution in [-0.2, 0) is 0 Å². The van der Waals surface area contributed by atoms with Crippen molar-refractivity contribution in [1.82, 2.24) is 19.9 Å². The fraction of sp³-hybridized carbons (Fsp3) is 0. The molecule has 0 fully saturated rings. The van der Waals surface area contributed by atoms with E-state index in [0.29, 0.717) is 17.5 Å². The van der Waals surface area contributed by atoms with Crippen LogP contribution in [0.25, 0.3) is 121 Å². The monoisotopic (exact) mass is 820 g/mol. The first kappa shape index (κ1) is 36.7. The number of hydrogen-bond acceptors (Lipinski definition) is 5. The number of aromatic nitrogens is 4. The van der Waals surface area contributed by atoms with Gasteiger partial charge in [-0.3, -0.25) is 0 Å². The van der Waals surface area contributed by atoms with Crippen molar-refractivity contribution in [3.8, 4) is 78.8 Å². The molecule has 0 aliphatic heterocycles. The molecule has 3 aromatic heterocycles. The summed E-state index contributed by atoms with van der Waals surface area (Å²) in [6.07, 6.45) is 0. The highest BCUT2D eigenvalue weighted by molar-refractivity contribution is 7.26. The molecule has 0 atom stereocenters. The third-order valence-electron chi connectivity index (χ3n) is 11.9. The van der Waals surface area contributed by atoms with Gasteiger partial charge in [-0.2, -0.15) is 0 Å². The Morgan fingerprint density at radius 2 is 0.714 bits per heavy atom. The Morgan fingerprint density at radius 1 is 0.286 bits per heavy atom. The normalized spacial score (nSPS) is 11.5. The lowest BCUT2D eigenvalue weighted by molar-refractivity contribution is 1.07. The second-order valence-electron chi connectivity index (χ2n) is 15.8. The van der Waals surface area contributed by atoms with Crippen LogP contribution in [0.4, 0.5) is 0 Å². The Morgan fingerprint density at radius 3 is 1.29 bits per heavy atom. The van der Waals surface area contributed by atoms with Gasteiger partial charge >= 0.3 is 0 Å². The molecule has 5 heteroatoms. The Kier molecular flexibility index (Phi) is 8.98. The second kappa shape index (κ2) is 15.4. The molecule has 0 aliphatic carbocycles. The quantitative estimate of drug-likeness (QED) is 0.150. The zero-order chi connectivity index (χ0) is 41.7. The maximum absolute atomic E-state index is 5.40. The first-order valence-electron chi connectivity index (χ1n) is 21.1. The van der Waals surface area contributed by atoms with Crippen LogP contribution in [0.3, 0.4) is 0 Å². The molecule has 12 aromatic rings. The predicted octanol–water partition coefficient (Wildman–Crippen LogP) is 15.6. The molecule has 294 valence electrons. The van der Waals surface area contributed by atoms with Crippen LogP contribution in [0, 0.1) is 0 Å². The van der Waals surface area contributed by atoms with E-state index in [0.717, 1.165) is 55.7 Å². The van der Waals surface area contributed by atoms with Crippen molar-refractivity contribution < 1.29 is 0 Å². The molecule has 0 saturated carbocycles. The third kappa shape index (κ3) is 6.81. The minimum atomic E-state index is 0.620. The summed E-state index contributed by atoms with van der Waals surface area (Å²) in [6.45, 7) is 0. The fourth-order valence-electron chi connectivity index (χ4n) is 8.67. The Labute approximate surface area is 368 Å². The molecule has 0 radical (unpaired) electrons. The maximum atomic E-state index is 5.40. The van der Waals surface area contributed by atoms with Gasteiger partial charge in [-0.25, -0.2) is 19.9 Å². The van der Waals surface area contributed by atoms with Gasteiger partial charge in [0.15, 0.2) is 17.5 Å². The van der Waals surface area contributed by atoms with E-state index in [1.165, 1.54) is 47.5 Å². The van der Waals surface area contributed by atoms with E-state index in [1.54, 1.807) is 0 Å². The molecule has 63 heavy (non-hydrogen) atoms. The minimum absolute atomic E-state index is 0.620. The molecule has 0 amide bonds. The van der Waals surface area contributed by atoms with Gasteiger partial charge in [-0.15, -0.1) is 11.3 Å². The van der Waals surface area contributed by atoms with Crippen LogP contribution in [0.15, 0.2) is 218 Å². The molecular formula is C58H36N4S. The summed E-state index contributed by atoms with van der Waals surface area (Å²) in [5.41, 5.74) is 12.7. The van der Waals surface area contributed by atoms with Gasteiger partial charge in [0.1, 0.15) is 0 Å². The van der Waals surface area contributed by atoms with Crippen molar-refractivity contribution in [3.05, 3.63) is 218 Å². The molecule has 0 spiro atoms. The van der Waals surface area contributed by atoms with Crippen LogP contribution in [0.5, 0.6) is 0 Å². The van der Waals surface area contributed by atoms with Gasteiger partial charge in [-0.05, 0) is 68.4 Å². The first-order valence-corrected chi connectivity index (χ1v) is 21.9.